The zero-order valence-corrected chi connectivity index (χ0v) is 12.9. The highest BCUT2D eigenvalue weighted by atomic mass is 35.5. The van der Waals surface area contributed by atoms with Crippen LogP contribution < -0.4 is 0 Å². The molecule has 1 saturated carbocycles. The van der Waals surface area contributed by atoms with Gasteiger partial charge in [0.2, 0.25) is 0 Å². The van der Waals surface area contributed by atoms with Crippen LogP contribution in [0.5, 0.6) is 0 Å². The summed E-state index contributed by atoms with van der Waals surface area (Å²) in [5.74, 6) is 0. The summed E-state index contributed by atoms with van der Waals surface area (Å²) in [6.45, 7) is 0. The van der Waals surface area contributed by atoms with Gasteiger partial charge in [-0.05, 0) is 42.7 Å². The first-order chi connectivity index (χ1) is 10.3. The lowest BCUT2D eigenvalue weighted by Crippen LogP contribution is -2.07. The monoisotopic (exact) mass is 312 g/mol. The predicted molar refractivity (Wildman–Crippen MR) is 86.8 cm³/mol. The Hall–Kier alpha value is -1.71. The predicted octanol–water partition coefficient (Wildman–Crippen LogP) is 4.94. The Morgan fingerprint density at radius 1 is 1.00 bits per heavy atom. The molecule has 2 aromatic heterocycles. The summed E-state index contributed by atoms with van der Waals surface area (Å²) in [5, 5.41) is 4.13. The van der Waals surface area contributed by atoms with Gasteiger partial charge in [-0.1, -0.05) is 23.7 Å². The molecule has 104 valence electrons. The van der Waals surface area contributed by atoms with Crippen LogP contribution in [0.15, 0.2) is 54.2 Å². The van der Waals surface area contributed by atoms with Gasteiger partial charge in [0, 0.05) is 33.8 Å². The van der Waals surface area contributed by atoms with Crippen LogP contribution in [0.4, 0.5) is 0 Å². The number of hydrogen-bond donors (Lipinski definition) is 0. The van der Waals surface area contributed by atoms with Crippen molar-refractivity contribution < 1.29 is 0 Å². The Balaban J connectivity index is 1.71. The molecule has 0 amide bonds. The highest BCUT2D eigenvalue weighted by molar-refractivity contribution is 7.10. The molecule has 0 N–H and O–H groups in total. The number of halogens is 1. The maximum absolute atomic E-state index is 5.99. The smallest absolute Gasteiger partial charge is 0.104 e. The molecule has 1 aromatic carbocycles. The van der Waals surface area contributed by atoms with Gasteiger partial charge in [0.15, 0.2) is 0 Å². The lowest BCUT2D eigenvalue weighted by Gasteiger charge is -2.12. The second kappa shape index (κ2) is 4.93. The van der Waals surface area contributed by atoms with E-state index in [0.29, 0.717) is 0 Å². The number of rotatable bonds is 3. The lowest BCUT2D eigenvalue weighted by atomic mass is 9.97. The van der Waals surface area contributed by atoms with Crippen LogP contribution in [0.2, 0.25) is 5.02 Å². The molecule has 2 nitrogen and oxygen atoms in total. The average Bonchev–Trinajstić information content (AvgIpc) is 3.19. The fraction of sp³-hybridized carbons (Fsp3) is 0.176. The van der Waals surface area contributed by atoms with Gasteiger partial charge in [0.1, 0.15) is 5.01 Å². The van der Waals surface area contributed by atoms with Gasteiger partial charge in [-0.25, -0.2) is 4.98 Å². The standard InChI is InChI=1S/C17H13ClN2S/c18-14-3-1-13(2-4-14)17(7-8-17)16-20-15(11-21-16)12-5-9-19-10-6-12/h1-6,9-11H,7-8H2. The number of benzene rings is 1. The van der Waals surface area contributed by atoms with Crippen molar-refractivity contribution >= 4 is 22.9 Å². The fourth-order valence-corrected chi connectivity index (χ4v) is 3.91. The molecule has 21 heavy (non-hydrogen) atoms. The Kier molecular flexibility index (Phi) is 3.05. The summed E-state index contributed by atoms with van der Waals surface area (Å²) >= 11 is 7.74. The van der Waals surface area contributed by atoms with Crippen molar-refractivity contribution in [2.45, 2.75) is 18.3 Å². The second-order valence-electron chi connectivity index (χ2n) is 5.36. The molecular weight excluding hydrogens is 300 g/mol. The average molecular weight is 313 g/mol. The van der Waals surface area contributed by atoms with Gasteiger partial charge >= 0.3 is 0 Å². The number of thiazole rings is 1. The molecule has 2 heterocycles. The minimum Gasteiger partial charge on any atom is -0.265 e. The van der Waals surface area contributed by atoms with Gasteiger partial charge < -0.3 is 0 Å². The van der Waals surface area contributed by atoms with E-state index in [0.717, 1.165) is 29.1 Å². The van der Waals surface area contributed by atoms with E-state index in [1.165, 1.54) is 10.6 Å². The summed E-state index contributed by atoms with van der Waals surface area (Å²) in [4.78, 5) is 8.93. The first kappa shape index (κ1) is 13.0. The summed E-state index contributed by atoms with van der Waals surface area (Å²) in [6.07, 6.45) is 5.94. The summed E-state index contributed by atoms with van der Waals surface area (Å²) in [7, 11) is 0. The van der Waals surface area contributed by atoms with Crippen molar-refractivity contribution in [3.8, 4) is 11.3 Å². The molecule has 1 aliphatic rings. The van der Waals surface area contributed by atoms with Crippen LogP contribution in [0.25, 0.3) is 11.3 Å². The summed E-state index contributed by atoms with van der Waals surface area (Å²) in [6, 6.07) is 12.2. The maximum Gasteiger partial charge on any atom is 0.104 e. The minimum absolute atomic E-state index is 0.112. The van der Waals surface area contributed by atoms with Crippen LogP contribution in [0, 0.1) is 0 Å². The normalized spacial score (nSPS) is 15.9. The van der Waals surface area contributed by atoms with E-state index < -0.39 is 0 Å². The quantitative estimate of drug-likeness (QED) is 0.684. The summed E-state index contributed by atoms with van der Waals surface area (Å²) < 4.78 is 0. The van der Waals surface area contributed by atoms with Gasteiger partial charge in [-0.15, -0.1) is 11.3 Å². The Labute approximate surface area is 132 Å². The van der Waals surface area contributed by atoms with E-state index in [1.807, 2.05) is 24.3 Å². The van der Waals surface area contributed by atoms with Crippen LogP contribution in [-0.2, 0) is 5.41 Å². The highest BCUT2D eigenvalue weighted by Gasteiger charge is 2.48. The van der Waals surface area contributed by atoms with E-state index in [2.05, 4.69) is 22.5 Å². The number of pyridine rings is 1. The first-order valence-corrected chi connectivity index (χ1v) is 8.16. The number of nitrogens with zero attached hydrogens (tertiary/aromatic N) is 2. The van der Waals surface area contributed by atoms with E-state index in [1.54, 1.807) is 23.7 Å². The van der Waals surface area contributed by atoms with Gasteiger partial charge in [-0.2, -0.15) is 0 Å². The molecule has 0 saturated heterocycles. The van der Waals surface area contributed by atoms with E-state index >= 15 is 0 Å². The molecule has 0 atom stereocenters. The molecule has 0 aliphatic heterocycles. The zero-order valence-electron chi connectivity index (χ0n) is 11.3. The third-order valence-corrected chi connectivity index (χ3v) is 5.33. The topological polar surface area (TPSA) is 25.8 Å². The number of hydrogen-bond acceptors (Lipinski definition) is 3. The lowest BCUT2D eigenvalue weighted by molar-refractivity contribution is 0.834. The van der Waals surface area contributed by atoms with Crippen molar-refractivity contribution in [3.63, 3.8) is 0 Å². The molecular formula is C17H13ClN2S. The van der Waals surface area contributed by atoms with E-state index in [9.17, 15) is 0 Å². The maximum atomic E-state index is 5.99. The van der Waals surface area contributed by atoms with Crippen molar-refractivity contribution in [2.75, 3.05) is 0 Å². The minimum atomic E-state index is 0.112. The van der Waals surface area contributed by atoms with Crippen molar-refractivity contribution in [1.82, 2.24) is 9.97 Å². The zero-order chi connectivity index (χ0) is 14.3. The van der Waals surface area contributed by atoms with E-state index in [-0.39, 0.29) is 5.41 Å². The van der Waals surface area contributed by atoms with Crippen LogP contribution in [-0.4, -0.2) is 9.97 Å². The molecule has 4 heteroatoms. The van der Waals surface area contributed by atoms with Crippen LogP contribution >= 0.6 is 22.9 Å². The SMILES string of the molecule is Clc1ccc(C2(c3nc(-c4ccncc4)cs3)CC2)cc1. The molecule has 0 unspecified atom stereocenters. The van der Waals surface area contributed by atoms with Gasteiger partial charge in [0.05, 0.1) is 5.69 Å². The van der Waals surface area contributed by atoms with E-state index in [4.69, 9.17) is 16.6 Å². The fourth-order valence-electron chi connectivity index (χ4n) is 2.67. The molecule has 1 aliphatic carbocycles. The first-order valence-electron chi connectivity index (χ1n) is 6.90. The van der Waals surface area contributed by atoms with Crippen LogP contribution in [0.3, 0.4) is 0 Å². The van der Waals surface area contributed by atoms with Gasteiger partial charge in [-0.3, -0.25) is 4.98 Å². The molecule has 0 radical (unpaired) electrons. The summed E-state index contributed by atoms with van der Waals surface area (Å²) in [5.41, 5.74) is 3.60. The molecule has 4 rings (SSSR count). The van der Waals surface area contributed by atoms with Crippen molar-refractivity contribution in [1.29, 1.82) is 0 Å². The van der Waals surface area contributed by atoms with Gasteiger partial charge in [0.25, 0.3) is 0 Å². The third-order valence-electron chi connectivity index (χ3n) is 4.04. The molecule has 3 aromatic rings. The van der Waals surface area contributed by atoms with Crippen molar-refractivity contribution in [2.24, 2.45) is 0 Å². The van der Waals surface area contributed by atoms with Crippen molar-refractivity contribution in [3.05, 3.63) is 69.8 Å². The highest BCUT2D eigenvalue weighted by Crippen LogP contribution is 2.54. The second-order valence-corrected chi connectivity index (χ2v) is 6.66. The Morgan fingerprint density at radius 3 is 2.38 bits per heavy atom. The molecule has 1 fully saturated rings. The Morgan fingerprint density at radius 2 is 1.71 bits per heavy atom. The molecule has 0 spiro atoms. The number of aromatic nitrogens is 2. The Bertz CT molecular complexity index is 761. The third kappa shape index (κ3) is 2.27. The largest absolute Gasteiger partial charge is 0.265 e. The molecule has 0 bridgehead atoms. The van der Waals surface area contributed by atoms with Crippen LogP contribution in [0.1, 0.15) is 23.4 Å².